The van der Waals surface area contributed by atoms with Crippen LogP contribution in [-0.4, -0.2) is 23.0 Å². The fraction of sp³-hybridized carbons (Fsp3) is 0.684. The molecule has 0 bridgehead atoms. The lowest BCUT2D eigenvalue weighted by atomic mass is 9.86. The summed E-state index contributed by atoms with van der Waals surface area (Å²) in [6.07, 6.45) is 12.7. The molecule has 0 spiro atoms. The van der Waals surface area contributed by atoms with Crippen molar-refractivity contribution in [3.05, 3.63) is 23.4 Å². The Hall–Kier alpha value is -1.29. The second kappa shape index (κ2) is 8.70. The largest absolute Gasteiger partial charge is 0.474 e. The minimum Gasteiger partial charge on any atom is -0.474 e. The maximum atomic E-state index is 12.2. The average Bonchev–Trinajstić information content (AvgIpc) is 2.59. The van der Waals surface area contributed by atoms with Gasteiger partial charge in [0.05, 0.1) is 5.02 Å². The quantitative estimate of drug-likeness (QED) is 0.849. The van der Waals surface area contributed by atoms with Crippen molar-refractivity contribution in [2.75, 3.05) is 0 Å². The normalized spacial score (nSPS) is 25.2. The Morgan fingerprint density at radius 3 is 2.54 bits per heavy atom. The Morgan fingerprint density at radius 2 is 1.88 bits per heavy atom. The Balaban J connectivity index is 1.37. The molecule has 1 aromatic rings. The summed E-state index contributed by atoms with van der Waals surface area (Å²) in [5.41, 5.74) is 0. The number of pyridine rings is 1. The number of rotatable bonds is 5. The molecule has 4 nitrogen and oxygen atoms in total. The van der Waals surface area contributed by atoms with Crippen molar-refractivity contribution in [3.63, 3.8) is 0 Å². The standard InChI is InChI=1S/C19H27ClN2O2/c20-15-6-11-19(21-13-15)24-17-9-7-16(8-10-17)22-18(23)12-14-4-2-1-3-5-14/h6,11,13-14,16-17H,1-5,7-10,12H2,(H,22,23). The molecule has 2 aliphatic rings. The molecule has 0 atom stereocenters. The van der Waals surface area contributed by atoms with E-state index in [2.05, 4.69) is 10.3 Å². The molecule has 0 saturated heterocycles. The highest BCUT2D eigenvalue weighted by atomic mass is 35.5. The summed E-state index contributed by atoms with van der Waals surface area (Å²) >= 11 is 5.83. The number of amides is 1. The lowest BCUT2D eigenvalue weighted by Gasteiger charge is -2.30. The van der Waals surface area contributed by atoms with Crippen molar-refractivity contribution >= 4 is 17.5 Å². The summed E-state index contributed by atoms with van der Waals surface area (Å²) in [4.78, 5) is 16.4. The molecule has 1 heterocycles. The van der Waals surface area contributed by atoms with Crippen LogP contribution in [0.3, 0.4) is 0 Å². The van der Waals surface area contributed by atoms with Crippen molar-refractivity contribution in [2.45, 2.75) is 76.4 Å². The fourth-order valence-electron chi connectivity index (χ4n) is 3.87. The van der Waals surface area contributed by atoms with Gasteiger partial charge in [-0.2, -0.15) is 0 Å². The maximum absolute atomic E-state index is 12.2. The zero-order valence-electron chi connectivity index (χ0n) is 14.2. The molecule has 132 valence electrons. The van der Waals surface area contributed by atoms with Gasteiger partial charge in [0.1, 0.15) is 6.10 Å². The molecular weight excluding hydrogens is 324 g/mol. The zero-order valence-corrected chi connectivity index (χ0v) is 14.9. The topological polar surface area (TPSA) is 51.2 Å². The van der Waals surface area contributed by atoms with Crippen LogP contribution >= 0.6 is 11.6 Å². The molecule has 0 radical (unpaired) electrons. The summed E-state index contributed by atoms with van der Waals surface area (Å²) in [7, 11) is 0. The van der Waals surface area contributed by atoms with Crippen LogP contribution in [0.4, 0.5) is 0 Å². The molecule has 2 fully saturated rings. The maximum Gasteiger partial charge on any atom is 0.220 e. The number of aromatic nitrogens is 1. The van der Waals surface area contributed by atoms with Crippen molar-refractivity contribution < 1.29 is 9.53 Å². The predicted molar refractivity (Wildman–Crippen MR) is 95.3 cm³/mol. The van der Waals surface area contributed by atoms with Gasteiger partial charge in [-0.25, -0.2) is 4.98 Å². The first kappa shape index (κ1) is 17.5. The summed E-state index contributed by atoms with van der Waals surface area (Å²) in [5, 5.41) is 3.85. The van der Waals surface area contributed by atoms with Crippen LogP contribution in [0.2, 0.25) is 5.02 Å². The molecule has 1 aromatic heterocycles. The molecule has 2 aliphatic carbocycles. The van der Waals surface area contributed by atoms with Gasteiger partial charge in [-0.1, -0.05) is 30.9 Å². The van der Waals surface area contributed by atoms with Crippen LogP contribution in [0.25, 0.3) is 0 Å². The summed E-state index contributed by atoms with van der Waals surface area (Å²) in [6.45, 7) is 0. The minimum atomic E-state index is 0.185. The number of nitrogens with one attached hydrogen (secondary N) is 1. The molecule has 0 unspecified atom stereocenters. The third-order valence-electron chi connectivity index (χ3n) is 5.23. The third kappa shape index (κ3) is 5.37. The predicted octanol–water partition coefficient (Wildman–Crippen LogP) is 4.51. The number of hydrogen-bond acceptors (Lipinski definition) is 3. The Bertz CT molecular complexity index is 521. The third-order valence-corrected chi connectivity index (χ3v) is 5.45. The number of halogens is 1. The van der Waals surface area contributed by atoms with Gasteiger partial charge in [0, 0.05) is 24.7 Å². The molecule has 0 aliphatic heterocycles. The van der Waals surface area contributed by atoms with Crippen LogP contribution in [0, 0.1) is 5.92 Å². The number of hydrogen-bond donors (Lipinski definition) is 1. The second-order valence-corrected chi connectivity index (χ2v) is 7.62. The second-order valence-electron chi connectivity index (χ2n) is 7.18. The monoisotopic (exact) mass is 350 g/mol. The molecular formula is C19H27ClN2O2. The SMILES string of the molecule is O=C(CC1CCCCC1)NC1CCC(Oc2ccc(Cl)cn2)CC1. The van der Waals surface area contributed by atoms with Gasteiger partial charge in [-0.15, -0.1) is 0 Å². The van der Waals surface area contributed by atoms with E-state index in [0.29, 0.717) is 29.3 Å². The van der Waals surface area contributed by atoms with Gasteiger partial charge < -0.3 is 10.1 Å². The van der Waals surface area contributed by atoms with E-state index in [1.54, 1.807) is 18.3 Å². The van der Waals surface area contributed by atoms with Crippen molar-refractivity contribution in [1.29, 1.82) is 0 Å². The van der Waals surface area contributed by atoms with E-state index in [0.717, 1.165) is 25.7 Å². The molecule has 1 amide bonds. The first-order valence-electron chi connectivity index (χ1n) is 9.26. The van der Waals surface area contributed by atoms with Crippen LogP contribution < -0.4 is 10.1 Å². The lowest BCUT2D eigenvalue weighted by Crippen LogP contribution is -2.40. The summed E-state index contributed by atoms with van der Waals surface area (Å²) in [6, 6.07) is 3.90. The molecule has 5 heteroatoms. The highest BCUT2D eigenvalue weighted by Gasteiger charge is 2.25. The van der Waals surface area contributed by atoms with Crippen molar-refractivity contribution in [3.8, 4) is 5.88 Å². The molecule has 2 saturated carbocycles. The number of carbonyl (C=O) groups excluding carboxylic acids is 1. The minimum absolute atomic E-state index is 0.185. The molecule has 0 aromatic carbocycles. The van der Waals surface area contributed by atoms with Crippen LogP contribution in [0.15, 0.2) is 18.3 Å². The van der Waals surface area contributed by atoms with E-state index in [1.807, 2.05) is 0 Å². The molecule has 3 rings (SSSR count). The lowest BCUT2D eigenvalue weighted by molar-refractivity contribution is -0.123. The van der Waals surface area contributed by atoms with Crippen LogP contribution in [0.1, 0.15) is 64.2 Å². The van der Waals surface area contributed by atoms with E-state index < -0.39 is 0 Å². The Kier molecular flexibility index (Phi) is 6.36. The van der Waals surface area contributed by atoms with Gasteiger partial charge in [0.25, 0.3) is 0 Å². The zero-order chi connectivity index (χ0) is 16.8. The van der Waals surface area contributed by atoms with E-state index in [1.165, 1.54) is 32.1 Å². The van der Waals surface area contributed by atoms with E-state index >= 15 is 0 Å². The van der Waals surface area contributed by atoms with Gasteiger partial charge in [-0.3, -0.25) is 4.79 Å². The highest BCUT2D eigenvalue weighted by Crippen LogP contribution is 2.27. The Morgan fingerprint density at radius 1 is 1.12 bits per heavy atom. The molecule has 24 heavy (non-hydrogen) atoms. The average molecular weight is 351 g/mol. The number of nitrogens with zero attached hydrogens (tertiary/aromatic N) is 1. The fourth-order valence-corrected chi connectivity index (χ4v) is 3.98. The number of ether oxygens (including phenoxy) is 1. The van der Waals surface area contributed by atoms with Gasteiger partial charge >= 0.3 is 0 Å². The van der Waals surface area contributed by atoms with Gasteiger partial charge in [0.15, 0.2) is 0 Å². The van der Waals surface area contributed by atoms with Crippen molar-refractivity contribution in [2.24, 2.45) is 5.92 Å². The van der Waals surface area contributed by atoms with Crippen LogP contribution in [0.5, 0.6) is 5.88 Å². The first-order chi connectivity index (χ1) is 11.7. The van der Waals surface area contributed by atoms with E-state index in [-0.39, 0.29) is 12.0 Å². The smallest absolute Gasteiger partial charge is 0.220 e. The Labute approximate surface area is 149 Å². The van der Waals surface area contributed by atoms with E-state index in [4.69, 9.17) is 16.3 Å². The van der Waals surface area contributed by atoms with Gasteiger partial charge in [-0.05, 0) is 50.5 Å². The molecule has 1 N–H and O–H groups in total. The van der Waals surface area contributed by atoms with Crippen molar-refractivity contribution in [1.82, 2.24) is 10.3 Å². The highest BCUT2D eigenvalue weighted by molar-refractivity contribution is 6.30. The first-order valence-corrected chi connectivity index (χ1v) is 9.64. The van der Waals surface area contributed by atoms with Crippen LogP contribution in [-0.2, 0) is 4.79 Å². The number of carbonyl (C=O) groups is 1. The van der Waals surface area contributed by atoms with E-state index in [9.17, 15) is 4.79 Å². The summed E-state index contributed by atoms with van der Waals surface area (Å²) in [5.74, 6) is 1.48. The van der Waals surface area contributed by atoms with Gasteiger partial charge in [0.2, 0.25) is 11.8 Å². The summed E-state index contributed by atoms with van der Waals surface area (Å²) < 4.78 is 5.90.